The van der Waals surface area contributed by atoms with Crippen molar-refractivity contribution in [2.24, 2.45) is 0 Å². The first-order chi connectivity index (χ1) is 7.45. The van der Waals surface area contributed by atoms with Gasteiger partial charge in [-0.3, -0.25) is 0 Å². The molecule has 2 aliphatic rings. The van der Waals surface area contributed by atoms with Gasteiger partial charge in [-0.1, -0.05) is 0 Å². The van der Waals surface area contributed by atoms with Gasteiger partial charge >= 0.3 is 0 Å². The normalized spacial score (nSPS) is 22.7. The Labute approximate surface area is 95.5 Å². The molecule has 2 nitrogen and oxygen atoms in total. The van der Waals surface area contributed by atoms with Crippen LogP contribution < -0.4 is 0 Å². The van der Waals surface area contributed by atoms with Crippen molar-refractivity contribution < 1.29 is 0 Å². The van der Waals surface area contributed by atoms with Crippen LogP contribution in [0.4, 0.5) is 0 Å². The maximum Gasteiger partial charge on any atom is 0.112 e. The lowest BCUT2D eigenvalue weighted by Crippen LogP contribution is -2.18. The highest BCUT2D eigenvalue weighted by Gasteiger charge is 2.23. The van der Waals surface area contributed by atoms with Gasteiger partial charge in [-0.25, -0.2) is 4.98 Å². The van der Waals surface area contributed by atoms with E-state index >= 15 is 0 Å². The Hall–Kier alpha value is -0.440. The molecule has 1 saturated heterocycles. The van der Waals surface area contributed by atoms with E-state index < -0.39 is 0 Å². The lowest BCUT2D eigenvalue weighted by molar-refractivity contribution is 0.480. The average molecular weight is 222 g/mol. The molecule has 82 valence electrons. The third kappa shape index (κ3) is 1.82. The zero-order valence-corrected chi connectivity index (χ0v) is 9.93. The molecule has 0 aromatic carbocycles. The molecule has 0 spiro atoms. The number of fused-ring (bicyclic) bond motifs is 1. The van der Waals surface area contributed by atoms with Crippen LogP contribution in [0, 0.1) is 0 Å². The lowest BCUT2D eigenvalue weighted by atomic mass is 10.0. The standard InChI is InChI=1S/C12H18N2S/c1-2-6-14-11(3-1)9-13-12(14)10-4-7-15-8-5-10/h9-10H,1-8H2. The molecule has 3 rings (SSSR count). The highest BCUT2D eigenvalue weighted by Crippen LogP contribution is 2.32. The Kier molecular flexibility index (Phi) is 2.74. The first-order valence-corrected chi connectivity index (χ1v) is 7.22. The van der Waals surface area contributed by atoms with Crippen molar-refractivity contribution in [3.8, 4) is 0 Å². The van der Waals surface area contributed by atoms with Crippen LogP contribution in [0.25, 0.3) is 0 Å². The van der Waals surface area contributed by atoms with Gasteiger partial charge in [0, 0.05) is 24.4 Å². The van der Waals surface area contributed by atoms with Crippen molar-refractivity contribution in [2.75, 3.05) is 11.5 Å². The maximum atomic E-state index is 4.68. The maximum absolute atomic E-state index is 4.68. The number of aryl methyl sites for hydroxylation is 1. The highest BCUT2D eigenvalue weighted by molar-refractivity contribution is 7.99. The van der Waals surface area contributed by atoms with Gasteiger partial charge in [0.1, 0.15) is 5.82 Å². The van der Waals surface area contributed by atoms with Crippen LogP contribution in [0.3, 0.4) is 0 Å². The van der Waals surface area contributed by atoms with Crippen molar-refractivity contribution >= 4 is 11.8 Å². The first-order valence-electron chi connectivity index (χ1n) is 6.07. The SMILES string of the molecule is c1nc(C2CCSCC2)n2c1CCCC2. The topological polar surface area (TPSA) is 17.8 Å². The number of imidazole rings is 1. The summed E-state index contributed by atoms with van der Waals surface area (Å²) in [6, 6.07) is 0. The Morgan fingerprint density at radius 1 is 1.27 bits per heavy atom. The van der Waals surface area contributed by atoms with E-state index in [0.29, 0.717) is 0 Å². The van der Waals surface area contributed by atoms with Gasteiger partial charge in [0.05, 0.1) is 0 Å². The second-order valence-corrected chi connectivity index (χ2v) is 5.83. The van der Waals surface area contributed by atoms with Gasteiger partial charge < -0.3 is 4.57 Å². The van der Waals surface area contributed by atoms with E-state index in [4.69, 9.17) is 0 Å². The van der Waals surface area contributed by atoms with E-state index in [-0.39, 0.29) is 0 Å². The molecule has 2 aliphatic heterocycles. The minimum absolute atomic E-state index is 0.748. The lowest BCUT2D eigenvalue weighted by Gasteiger charge is -2.24. The molecular weight excluding hydrogens is 204 g/mol. The number of hydrogen-bond acceptors (Lipinski definition) is 2. The largest absolute Gasteiger partial charge is 0.332 e. The summed E-state index contributed by atoms with van der Waals surface area (Å²) in [5.41, 5.74) is 1.48. The molecule has 0 bridgehead atoms. The quantitative estimate of drug-likeness (QED) is 0.727. The molecule has 0 atom stereocenters. The summed E-state index contributed by atoms with van der Waals surface area (Å²) < 4.78 is 2.50. The van der Waals surface area contributed by atoms with E-state index in [0.717, 1.165) is 5.92 Å². The fraction of sp³-hybridized carbons (Fsp3) is 0.750. The molecule has 15 heavy (non-hydrogen) atoms. The predicted octanol–water partition coefficient (Wildman–Crippen LogP) is 2.83. The molecule has 1 aromatic rings. The Balaban J connectivity index is 1.87. The molecule has 0 aliphatic carbocycles. The van der Waals surface area contributed by atoms with Crippen LogP contribution in [0.2, 0.25) is 0 Å². The van der Waals surface area contributed by atoms with E-state index in [9.17, 15) is 0 Å². The number of thioether (sulfide) groups is 1. The summed E-state index contributed by atoms with van der Waals surface area (Å²) in [6.45, 7) is 1.22. The van der Waals surface area contributed by atoms with Crippen LogP contribution in [0.15, 0.2) is 6.20 Å². The second kappa shape index (κ2) is 4.20. The zero-order valence-electron chi connectivity index (χ0n) is 9.11. The van der Waals surface area contributed by atoms with Gasteiger partial charge in [0.15, 0.2) is 0 Å². The Morgan fingerprint density at radius 3 is 3.00 bits per heavy atom. The fourth-order valence-electron chi connectivity index (χ4n) is 2.74. The van der Waals surface area contributed by atoms with E-state index in [1.165, 1.54) is 61.7 Å². The summed E-state index contributed by atoms with van der Waals surface area (Å²) in [5, 5.41) is 0. The second-order valence-electron chi connectivity index (χ2n) is 4.60. The summed E-state index contributed by atoms with van der Waals surface area (Å²) in [5.74, 6) is 4.79. The van der Waals surface area contributed by atoms with Crippen LogP contribution in [-0.2, 0) is 13.0 Å². The van der Waals surface area contributed by atoms with Gasteiger partial charge in [-0.15, -0.1) is 0 Å². The molecule has 0 unspecified atom stereocenters. The number of hydrogen-bond donors (Lipinski definition) is 0. The minimum Gasteiger partial charge on any atom is -0.332 e. The Morgan fingerprint density at radius 2 is 2.13 bits per heavy atom. The molecule has 3 heteroatoms. The van der Waals surface area contributed by atoms with Gasteiger partial charge in [-0.2, -0.15) is 11.8 Å². The van der Waals surface area contributed by atoms with Crippen LogP contribution >= 0.6 is 11.8 Å². The van der Waals surface area contributed by atoms with Gasteiger partial charge in [-0.05, 0) is 43.6 Å². The average Bonchev–Trinajstić information content (AvgIpc) is 2.74. The van der Waals surface area contributed by atoms with Crippen molar-refractivity contribution in [1.82, 2.24) is 9.55 Å². The van der Waals surface area contributed by atoms with Crippen LogP contribution in [0.1, 0.15) is 43.1 Å². The molecular formula is C12H18N2S. The molecule has 1 fully saturated rings. The minimum atomic E-state index is 0.748. The number of aromatic nitrogens is 2. The van der Waals surface area contributed by atoms with Crippen molar-refractivity contribution in [3.05, 3.63) is 17.7 Å². The highest BCUT2D eigenvalue weighted by atomic mass is 32.2. The predicted molar refractivity (Wildman–Crippen MR) is 64.5 cm³/mol. The summed E-state index contributed by atoms with van der Waals surface area (Å²) >= 11 is 2.10. The molecule has 0 saturated carbocycles. The van der Waals surface area contributed by atoms with Crippen LogP contribution in [-0.4, -0.2) is 21.1 Å². The van der Waals surface area contributed by atoms with Gasteiger partial charge in [0.2, 0.25) is 0 Å². The first kappa shape index (κ1) is 9.76. The molecule has 3 heterocycles. The smallest absolute Gasteiger partial charge is 0.112 e. The number of rotatable bonds is 1. The van der Waals surface area contributed by atoms with Crippen LogP contribution in [0.5, 0.6) is 0 Å². The molecule has 1 aromatic heterocycles. The summed E-state index contributed by atoms with van der Waals surface area (Å²) in [6.07, 6.45) is 8.73. The van der Waals surface area contributed by atoms with E-state index in [1.807, 2.05) is 0 Å². The number of nitrogens with zero attached hydrogens (tertiary/aromatic N) is 2. The van der Waals surface area contributed by atoms with E-state index in [1.54, 1.807) is 0 Å². The molecule has 0 amide bonds. The van der Waals surface area contributed by atoms with Crippen molar-refractivity contribution in [1.29, 1.82) is 0 Å². The molecule has 0 radical (unpaired) electrons. The Bertz CT molecular complexity index is 339. The third-order valence-corrected chi connectivity index (χ3v) is 4.67. The fourth-order valence-corrected chi connectivity index (χ4v) is 3.85. The van der Waals surface area contributed by atoms with E-state index in [2.05, 4.69) is 27.5 Å². The van der Waals surface area contributed by atoms with Crippen molar-refractivity contribution in [2.45, 2.75) is 44.6 Å². The monoisotopic (exact) mass is 222 g/mol. The third-order valence-electron chi connectivity index (χ3n) is 3.62. The zero-order chi connectivity index (χ0) is 10.1. The molecule has 0 N–H and O–H groups in total. The summed E-state index contributed by atoms with van der Waals surface area (Å²) in [7, 11) is 0. The summed E-state index contributed by atoms with van der Waals surface area (Å²) in [4.78, 5) is 4.68. The van der Waals surface area contributed by atoms with Gasteiger partial charge in [0.25, 0.3) is 0 Å². The van der Waals surface area contributed by atoms with Crippen molar-refractivity contribution in [3.63, 3.8) is 0 Å².